The van der Waals surface area contributed by atoms with Gasteiger partial charge in [0.15, 0.2) is 5.78 Å². The van der Waals surface area contributed by atoms with Crippen LogP contribution in [0.5, 0.6) is 0 Å². The molecule has 0 aliphatic rings. The van der Waals surface area contributed by atoms with E-state index in [1.165, 1.54) is 17.8 Å². The van der Waals surface area contributed by atoms with E-state index in [9.17, 15) is 14.9 Å². The first-order valence-electron chi connectivity index (χ1n) is 13.1. The van der Waals surface area contributed by atoms with Crippen LogP contribution in [-0.2, 0) is 5.75 Å². The van der Waals surface area contributed by atoms with Crippen molar-refractivity contribution in [3.05, 3.63) is 136 Å². The number of carbonyl (C=O) groups is 1. The number of nitrogens with one attached hydrogen (secondary N) is 1. The fraction of sp³-hybridized carbons (Fsp3) is 0.0625. The molecule has 6 rings (SSSR count). The number of hydrogen-bond acceptors (Lipinski definition) is 8. The summed E-state index contributed by atoms with van der Waals surface area (Å²) in [6, 6.07) is 29.9. The first-order chi connectivity index (χ1) is 20.4. The number of thioether (sulfide) groups is 1. The van der Waals surface area contributed by atoms with E-state index >= 15 is 0 Å². The van der Waals surface area contributed by atoms with Crippen LogP contribution >= 0.6 is 11.8 Å². The minimum atomic E-state index is -0.389. The predicted molar refractivity (Wildman–Crippen MR) is 165 cm³/mol. The molecule has 0 radical (unpaired) electrons. The van der Waals surface area contributed by atoms with Crippen LogP contribution in [0.4, 0.5) is 17.2 Å². The molecule has 4 aromatic carbocycles. The Kier molecular flexibility index (Phi) is 7.44. The van der Waals surface area contributed by atoms with Crippen molar-refractivity contribution < 1.29 is 9.72 Å². The van der Waals surface area contributed by atoms with Crippen LogP contribution in [0.15, 0.2) is 108 Å². The van der Waals surface area contributed by atoms with Crippen molar-refractivity contribution in [2.45, 2.75) is 17.8 Å². The van der Waals surface area contributed by atoms with Gasteiger partial charge in [-0.05, 0) is 59.7 Å². The molecular weight excluding hydrogens is 548 g/mol. The van der Waals surface area contributed by atoms with E-state index in [1.807, 2.05) is 55.5 Å². The van der Waals surface area contributed by atoms with E-state index in [0.29, 0.717) is 33.6 Å². The van der Waals surface area contributed by atoms with Gasteiger partial charge in [0.25, 0.3) is 11.5 Å². The van der Waals surface area contributed by atoms with Crippen LogP contribution < -0.4 is 5.32 Å². The lowest BCUT2D eigenvalue weighted by Gasteiger charge is -2.09. The van der Waals surface area contributed by atoms with Gasteiger partial charge in [-0.25, -0.2) is 4.98 Å². The second kappa shape index (κ2) is 11.6. The molecule has 0 aliphatic heterocycles. The maximum atomic E-state index is 12.8. The Morgan fingerprint density at radius 1 is 0.952 bits per heavy atom. The third-order valence-electron chi connectivity index (χ3n) is 6.61. The number of allylic oxidation sites excluding steroid dienone is 1. The van der Waals surface area contributed by atoms with Crippen LogP contribution in [0, 0.1) is 17.0 Å². The van der Waals surface area contributed by atoms with Crippen molar-refractivity contribution in [1.82, 2.24) is 19.6 Å². The predicted octanol–water partition coefficient (Wildman–Crippen LogP) is 7.43. The molecule has 0 saturated heterocycles. The zero-order chi connectivity index (χ0) is 29.1. The van der Waals surface area contributed by atoms with Crippen molar-refractivity contribution in [3.8, 4) is 0 Å². The van der Waals surface area contributed by atoms with Gasteiger partial charge in [0.05, 0.1) is 4.92 Å². The fourth-order valence-corrected chi connectivity index (χ4v) is 5.33. The molecule has 0 fully saturated rings. The summed E-state index contributed by atoms with van der Waals surface area (Å²) in [5.74, 6) is 1.32. The summed E-state index contributed by atoms with van der Waals surface area (Å²) < 4.78 is 1.60. The van der Waals surface area contributed by atoms with Crippen molar-refractivity contribution in [1.29, 1.82) is 0 Å². The van der Waals surface area contributed by atoms with E-state index in [0.717, 1.165) is 27.7 Å². The second-order valence-corrected chi connectivity index (χ2v) is 10.5. The highest BCUT2D eigenvalue weighted by molar-refractivity contribution is 7.98. The number of aryl methyl sites for hydroxylation is 1. The first-order valence-corrected chi connectivity index (χ1v) is 14.1. The summed E-state index contributed by atoms with van der Waals surface area (Å²) in [7, 11) is 0. The average molecular weight is 573 g/mol. The van der Waals surface area contributed by atoms with E-state index in [1.54, 1.807) is 40.9 Å². The Morgan fingerprint density at radius 2 is 1.71 bits per heavy atom. The van der Waals surface area contributed by atoms with Gasteiger partial charge in [0.1, 0.15) is 5.82 Å². The van der Waals surface area contributed by atoms with E-state index in [2.05, 4.69) is 38.6 Å². The van der Waals surface area contributed by atoms with Gasteiger partial charge in [0, 0.05) is 40.4 Å². The lowest BCUT2D eigenvalue weighted by molar-refractivity contribution is -0.385. The lowest BCUT2D eigenvalue weighted by Crippen LogP contribution is -2.03. The number of anilines is 2. The van der Waals surface area contributed by atoms with Crippen LogP contribution in [0.3, 0.4) is 0 Å². The molecule has 0 unspecified atom stereocenters. The smallest absolute Gasteiger partial charge is 0.273 e. The molecule has 0 aliphatic carbocycles. The Bertz CT molecular complexity index is 1980. The number of benzene rings is 4. The molecule has 42 heavy (non-hydrogen) atoms. The molecule has 0 saturated carbocycles. The van der Waals surface area contributed by atoms with Gasteiger partial charge in [0.2, 0.25) is 5.16 Å². The van der Waals surface area contributed by atoms with Crippen LogP contribution in [0.1, 0.15) is 27.2 Å². The number of rotatable bonds is 9. The number of para-hydroxylation sites is 1. The third-order valence-corrected chi connectivity index (χ3v) is 7.49. The fourth-order valence-electron chi connectivity index (χ4n) is 4.52. The maximum absolute atomic E-state index is 12.8. The normalized spacial score (nSPS) is 11.4. The third kappa shape index (κ3) is 5.89. The van der Waals surface area contributed by atoms with Gasteiger partial charge in [-0.3, -0.25) is 14.9 Å². The average Bonchev–Trinajstić information content (AvgIpc) is 3.42. The summed E-state index contributed by atoms with van der Waals surface area (Å²) >= 11 is 1.30. The van der Waals surface area contributed by atoms with E-state index < -0.39 is 0 Å². The van der Waals surface area contributed by atoms with Gasteiger partial charge in [-0.1, -0.05) is 72.4 Å². The van der Waals surface area contributed by atoms with Crippen LogP contribution in [0.25, 0.3) is 22.6 Å². The minimum absolute atomic E-state index is 0.0659. The number of carbonyl (C=O) groups excluding carboxylic acids is 1. The van der Waals surface area contributed by atoms with Crippen molar-refractivity contribution in [2.75, 3.05) is 5.32 Å². The number of nitro benzene ring substituents is 1. The lowest BCUT2D eigenvalue weighted by atomic mass is 10.1. The molecular formula is C32H24N6O3S. The standard InChI is InChI=1S/C32H24N6O3S/c1-21-18-30(37-31(33-21)35-32(36-37)42-20-26-8-4-5-9-28(26)38(40)41)34-27-15-13-24(14-16-27)29(39)17-11-22-10-12-23-6-2-3-7-25(23)19-22/h2-19,34H,20H2,1H3/b17-11+. The summed E-state index contributed by atoms with van der Waals surface area (Å²) in [5, 5.41) is 22.0. The van der Waals surface area contributed by atoms with Crippen molar-refractivity contribution in [2.24, 2.45) is 0 Å². The molecule has 0 amide bonds. The minimum Gasteiger partial charge on any atom is -0.340 e. The number of nitrogens with zero attached hydrogens (tertiary/aromatic N) is 5. The summed E-state index contributed by atoms with van der Waals surface area (Å²) in [5.41, 5.74) is 3.71. The maximum Gasteiger partial charge on any atom is 0.273 e. The number of hydrogen-bond donors (Lipinski definition) is 1. The number of aromatic nitrogens is 4. The molecule has 0 atom stereocenters. The zero-order valence-corrected chi connectivity index (χ0v) is 23.3. The Morgan fingerprint density at radius 3 is 2.52 bits per heavy atom. The number of ketones is 1. The van der Waals surface area contributed by atoms with Crippen LogP contribution in [0.2, 0.25) is 0 Å². The quantitative estimate of drug-likeness (QED) is 0.0625. The first kappa shape index (κ1) is 26.9. The van der Waals surface area contributed by atoms with Crippen molar-refractivity contribution >= 4 is 57.4 Å². The Labute approximate surface area is 245 Å². The monoisotopic (exact) mass is 572 g/mol. The molecule has 6 aromatic rings. The largest absolute Gasteiger partial charge is 0.340 e. The number of fused-ring (bicyclic) bond motifs is 2. The molecule has 2 aromatic heterocycles. The Hall–Kier alpha value is -5.35. The van der Waals surface area contributed by atoms with Gasteiger partial charge >= 0.3 is 0 Å². The zero-order valence-electron chi connectivity index (χ0n) is 22.5. The highest BCUT2D eigenvalue weighted by Gasteiger charge is 2.15. The van der Waals surface area contributed by atoms with Gasteiger partial charge < -0.3 is 5.32 Å². The molecule has 1 N–H and O–H groups in total. The van der Waals surface area contributed by atoms with E-state index in [-0.39, 0.29) is 16.4 Å². The molecule has 9 nitrogen and oxygen atoms in total. The van der Waals surface area contributed by atoms with Gasteiger partial charge in [-0.15, -0.1) is 5.10 Å². The highest BCUT2D eigenvalue weighted by Crippen LogP contribution is 2.27. The Balaban J connectivity index is 1.16. The van der Waals surface area contributed by atoms with E-state index in [4.69, 9.17) is 0 Å². The molecule has 0 bridgehead atoms. The molecule has 10 heteroatoms. The highest BCUT2D eigenvalue weighted by atomic mass is 32.2. The molecule has 2 heterocycles. The summed E-state index contributed by atoms with van der Waals surface area (Å²) in [6.45, 7) is 1.86. The summed E-state index contributed by atoms with van der Waals surface area (Å²) in [6.07, 6.45) is 3.41. The number of nitro groups is 1. The summed E-state index contributed by atoms with van der Waals surface area (Å²) in [4.78, 5) is 32.7. The van der Waals surface area contributed by atoms with Gasteiger partial charge in [-0.2, -0.15) is 9.50 Å². The topological polar surface area (TPSA) is 115 Å². The van der Waals surface area contributed by atoms with Crippen molar-refractivity contribution in [3.63, 3.8) is 0 Å². The molecule has 0 spiro atoms. The van der Waals surface area contributed by atoms with Crippen LogP contribution in [-0.4, -0.2) is 30.3 Å². The SMILES string of the molecule is Cc1cc(Nc2ccc(C(=O)/C=C/c3ccc4ccccc4c3)cc2)n2nc(SCc3ccccc3[N+](=O)[O-])nc2n1. The molecule has 206 valence electrons. The second-order valence-electron chi connectivity index (χ2n) is 9.57.